The number of hydrogen-bond acceptors (Lipinski definition) is 8. The molecule has 12 N–H and O–H groups in total. The van der Waals surface area contributed by atoms with Crippen molar-refractivity contribution in [2.75, 3.05) is 46.6 Å². The summed E-state index contributed by atoms with van der Waals surface area (Å²) < 4.78 is 13.1. The molecule has 0 aromatic carbocycles. The van der Waals surface area contributed by atoms with Gasteiger partial charge < -0.3 is 35.8 Å². The number of carbonyl (C=O) groups is 3. The Morgan fingerprint density at radius 3 is 2.60 bits per heavy atom. The molecule has 6 fully saturated rings. The quantitative estimate of drug-likeness (QED) is 0.0475. The molecule has 352 valence electrons. The smallest absolute Gasteiger partial charge is 0.350 e. The molecule has 8 aliphatic rings. The normalized spacial score (nSPS) is 42.3. The second kappa shape index (κ2) is 20.3. The summed E-state index contributed by atoms with van der Waals surface area (Å²) in [6.45, 7) is 10.6. The second-order valence-corrected chi connectivity index (χ2v) is 22.3. The van der Waals surface area contributed by atoms with Crippen LogP contribution in [0, 0.1) is 52.8 Å². The minimum atomic E-state index is -1.97. The maximum Gasteiger partial charge on any atom is 0.350 e. The van der Waals surface area contributed by atoms with Crippen LogP contribution in [0.15, 0.2) is 34.9 Å². The zero-order valence-electron chi connectivity index (χ0n) is 39.4. The number of ether oxygens (including phenoxy) is 2. The van der Waals surface area contributed by atoms with E-state index in [0.717, 1.165) is 127 Å². The molecule has 4 saturated heterocycles. The highest BCUT2D eigenvalue weighted by molar-refractivity contribution is 6.23. The van der Waals surface area contributed by atoms with Gasteiger partial charge in [0.2, 0.25) is 0 Å². The van der Waals surface area contributed by atoms with Crippen molar-refractivity contribution in [3.8, 4) is 0 Å². The Kier molecular flexibility index (Phi) is 15.2. The molecule has 7 unspecified atom stereocenters. The van der Waals surface area contributed by atoms with Crippen molar-refractivity contribution in [2.24, 2.45) is 58.5 Å². The van der Waals surface area contributed by atoms with Crippen LogP contribution in [0.5, 0.6) is 0 Å². The lowest BCUT2D eigenvalue weighted by atomic mass is 9.55. The number of carbonyl (C=O) groups excluding carboxylic acids is 3. The monoisotopic (exact) mass is 879 g/mol. The van der Waals surface area contributed by atoms with Crippen molar-refractivity contribution in [3.63, 3.8) is 0 Å². The number of aliphatic hydroxyl groups excluding tert-OH is 1. The Labute approximate surface area is 377 Å². The van der Waals surface area contributed by atoms with Crippen LogP contribution in [0.1, 0.15) is 136 Å². The van der Waals surface area contributed by atoms with Crippen LogP contribution in [-0.4, -0.2) is 98.8 Å². The van der Waals surface area contributed by atoms with Gasteiger partial charge in [-0.1, -0.05) is 43.9 Å². The Balaban J connectivity index is 1.11. The average molecular weight is 879 g/mol. The number of quaternary nitrogens is 4. The number of allylic oxidation sites excluding steroid dienone is 4. The number of esters is 1. The average Bonchev–Trinajstić information content (AvgIpc) is 3.99. The van der Waals surface area contributed by atoms with Gasteiger partial charge in [-0.25, -0.2) is 10.1 Å². The minimum Gasteiger partial charge on any atom is -0.463 e. The molecule has 4 heterocycles. The van der Waals surface area contributed by atoms with Gasteiger partial charge in [-0.2, -0.15) is 0 Å². The molecule has 1 spiro atoms. The zero-order chi connectivity index (χ0) is 44.4. The van der Waals surface area contributed by atoms with E-state index in [0.29, 0.717) is 36.3 Å². The fourth-order valence-corrected chi connectivity index (χ4v) is 14.4. The van der Waals surface area contributed by atoms with Crippen molar-refractivity contribution in [2.45, 2.75) is 166 Å². The van der Waals surface area contributed by atoms with E-state index in [1.54, 1.807) is 0 Å². The molecule has 0 radical (unpaired) electrons. The van der Waals surface area contributed by atoms with E-state index in [4.69, 9.17) is 15.2 Å². The van der Waals surface area contributed by atoms with Gasteiger partial charge >= 0.3 is 5.97 Å². The summed E-state index contributed by atoms with van der Waals surface area (Å²) in [5.41, 5.74) is 5.93. The highest BCUT2D eigenvalue weighted by Crippen LogP contribution is 2.64. The highest BCUT2D eigenvalue weighted by atomic mass is 16.7. The van der Waals surface area contributed by atoms with Gasteiger partial charge in [-0.15, -0.1) is 0 Å². The largest absolute Gasteiger partial charge is 0.463 e. The Bertz CT molecular complexity index is 1740. The number of aliphatic hydroxyl groups is 1. The lowest BCUT2D eigenvalue weighted by molar-refractivity contribution is -0.716. The summed E-state index contributed by atoms with van der Waals surface area (Å²) in [7, 11) is 2.08. The molecule has 14 atom stereocenters. The predicted octanol–water partition coefficient (Wildman–Crippen LogP) is 1.45. The van der Waals surface area contributed by atoms with E-state index in [2.05, 4.69) is 72.6 Å². The summed E-state index contributed by atoms with van der Waals surface area (Å²) in [5.74, 6) is 0.144. The molecule has 12 nitrogen and oxygen atoms in total. The molecular weight excluding hydrogens is 793 g/mol. The lowest BCUT2D eigenvalue weighted by Crippen LogP contribution is -2.97. The third-order valence-electron chi connectivity index (χ3n) is 17.9. The Hall–Kier alpha value is -2.29. The van der Waals surface area contributed by atoms with Gasteiger partial charge in [-0.05, 0) is 137 Å². The number of likely N-dealkylation sites (N-methyl/N-ethyl adjacent to an activating group) is 1. The molecule has 8 rings (SSSR count). The van der Waals surface area contributed by atoms with E-state index in [9.17, 15) is 5.11 Å². The fourth-order valence-electron chi connectivity index (χ4n) is 14.4. The number of epoxide rings is 1. The van der Waals surface area contributed by atoms with E-state index in [1.165, 1.54) is 18.4 Å². The zero-order valence-corrected chi connectivity index (χ0v) is 39.4. The van der Waals surface area contributed by atoms with Crippen molar-refractivity contribution < 1.29 is 50.2 Å². The van der Waals surface area contributed by atoms with Crippen LogP contribution in [0.4, 0.5) is 0 Å². The van der Waals surface area contributed by atoms with Crippen LogP contribution >= 0.6 is 0 Å². The predicted molar refractivity (Wildman–Crippen MR) is 241 cm³/mol. The standard InChI is InChI=1S/C51H82N6O6/c1-5-54-42-24-36-12-8-11-35-10-6-7-20-49(3,25-34-17-18-43(52)56-28-34)26-37-13-9-14-40-45(37)47(60)51(48(61)62-30-38(42)23-41(35)36)50(63-51,46(40)59)27-39(29-58)32(2)15-16-33-19-21-55-44(22-33)57-31-53-4/h8,12,24,33-35,37-38,40-45,53-58H,5-7,9-11,13-23,25-31,52H2,1-4H3/p+4/t33?,34?,35-,37?,38+,40?,41-,42-,43?,44?,45?,49+,50+,51+/m1/s1. The van der Waals surface area contributed by atoms with Gasteiger partial charge in [0.25, 0.3) is 5.60 Å². The SMILES string of the molecule is CC[NH2+][C@@H]1C=C2C=CC[C@H]3CCCC[C@@](C)(CC4CCC(N)[NH2+]C4)CC4CCCC5C(=O)[C@]6(CC(CO)=C(C)CCC7CC[NH2+]C(NC[NH2+]C)C7)O[C@]6(C(=O)OC[C@@H]1C[C@@H]23)C(=O)C45. The van der Waals surface area contributed by atoms with Crippen LogP contribution in [-0.2, 0) is 23.9 Å². The fraction of sp³-hybridized carbons (Fsp3) is 0.824. The molecule has 4 aliphatic carbocycles. The number of cyclic esters (lactones) is 1. The first-order valence-corrected chi connectivity index (χ1v) is 25.8. The summed E-state index contributed by atoms with van der Waals surface area (Å²) in [6.07, 6.45) is 25.0. The first-order chi connectivity index (χ1) is 30.4. The summed E-state index contributed by atoms with van der Waals surface area (Å²) in [6, 6.07) is 0.162. The van der Waals surface area contributed by atoms with Gasteiger partial charge in [0.1, 0.15) is 31.6 Å². The number of hydrogen-bond donors (Lipinski definition) is 7. The molecule has 12 heteroatoms. The minimum absolute atomic E-state index is 0.00211. The molecule has 4 aliphatic heterocycles. The molecular formula is C51H86N6O6+4. The number of piperidine rings is 2. The maximum absolute atomic E-state index is 15.6. The first-order valence-electron chi connectivity index (χ1n) is 25.8. The van der Waals surface area contributed by atoms with E-state index in [-0.39, 0.29) is 60.7 Å². The Morgan fingerprint density at radius 2 is 1.83 bits per heavy atom. The van der Waals surface area contributed by atoms with Crippen LogP contribution in [0.2, 0.25) is 0 Å². The maximum atomic E-state index is 15.6. The molecule has 4 bridgehead atoms. The molecule has 0 aromatic heterocycles. The summed E-state index contributed by atoms with van der Waals surface area (Å²) in [4.78, 5) is 46.1. The van der Waals surface area contributed by atoms with E-state index in [1.807, 2.05) is 0 Å². The van der Waals surface area contributed by atoms with E-state index < -0.39 is 29.0 Å². The van der Waals surface area contributed by atoms with Crippen molar-refractivity contribution >= 4 is 17.5 Å². The van der Waals surface area contributed by atoms with Crippen molar-refractivity contribution in [1.82, 2.24) is 5.32 Å². The summed E-state index contributed by atoms with van der Waals surface area (Å²) >= 11 is 0. The van der Waals surface area contributed by atoms with Gasteiger partial charge in [0.15, 0.2) is 17.2 Å². The van der Waals surface area contributed by atoms with Crippen LogP contribution < -0.4 is 32.3 Å². The molecule has 2 saturated carbocycles. The van der Waals surface area contributed by atoms with E-state index >= 15 is 14.4 Å². The number of Topliss-reactive ketones (excluding diaryl/α,β-unsaturated/α-hetero) is 2. The van der Waals surface area contributed by atoms with Gasteiger partial charge in [0.05, 0.1) is 33.3 Å². The van der Waals surface area contributed by atoms with Gasteiger partial charge in [0, 0.05) is 42.9 Å². The molecule has 0 aromatic rings. The van der Waals surface area contributed by atoms with Crippen molar-refractivity contribution in [1.29, 1.82) is 0 Å². The number of nitrogens with one attached hydrogen (secondary N) is 1. The number of ketones is 2. The summed E-state index contributed by atoms with van der Waals surface area (Å²) in [5, 5.41) is 23.8. The third kappa shape index (κ3) is 9.76. The highest BCUT2D eigenvalue weighted by Gasteiger charge is 2.87. The lowest BCUT2D eigenvalue weighted by Gasteiger charge is -2.45. The number of rotatable bonds is 13. The Morgan fingerprint density at radius 1 is 0.984 bits per heavy atom. The molecule has 0 amide bonds. The topological polar surface area (TPSA) is 198 Å². The third-order valence-corrected chi connectivity index (χ3v) is 17.9. The second-order valence-electron chi connectivity index (χ2n) is 22.3. The van der Waals surface area contributed by atoms with Crippen molar-refractivity contribution in [3.05, 3.63) is 34.9 Å². The number of nitrogens with two attached hydrogens (primary N) is 5. The first kappa shape index (κ1) is 47.2. The van der Waals surface area contributed by atoms with Gasteiger partial charge in [-0.3, -0.25) is 15.3 Å². The number of fused-ring (bicyclic) bond motifs is 1. The van der Waals surface area contributed by atoms with Crippen LogP contribution in [0.25, 0.3) is 0 Å². The molecule has 63 heavy (non-hydrogen) atoms. The van der Waals surface area contributed by atoms with Crippen LogP contribution in [0.3, 0.4) is 0 Å².